The van der Waals surface area contributed by atoms with Gasteiger partial charge in [0.25, 0.3) is 0 Å². The van der Waals surface area contributed by atoms with Crippen LogP contribution in [0.2, 0.25) is 0 Å². The lowest BCUT2D eigenvalue weighted by Crippen LogP contribution is -2.34. The van der Waals surface area contributed by atoms with Crippen molar-refractivity contribution < 1.29 is 9.47 Å². The molecule has 32 heavy (non-hydrogen) atoms. The normalized spacial score (nSPS) is 14.5. The fourth-order valence-electron chi connectivity index (χ4n) is 4.77. The van der Waals surface area contributed by atoms with E-state index in [0.29, 0.717) is 0 Å². The van der Waals surface area contributed by atoms with Gasteiger partial charge in [0.15, 0.2) is 0 Å². The molecule has 7 rings (SSSR count). The van der Waals surface area contributed by atoms with Gasteiger partial charge in [-0.15, -0.1) is 0 Å². The molecule has 3 nitrogen and oxygen atoms in total. The number of pyridine rings is 1. The van der Waals surface area contributed by atoms with Crippen molar-refractivity contribution in [2.45, 2.75) is 0 Å². The van der Waals surface area contributed by atoms with Gasteiger partial charge < -0.3 is 9.47 Å². The Hall–Kier alpha value is -3.46. The van der Waals surface area contributed by atoms with Crippen molar-refractivity contribution in [1.82, 2.24) is 4.98 Å². The number of rotatable bonds is 1. The summed E-state index contributed by atoms with van der Waals surface area (Å²) in [6.07, 6.45) is 1.85. The molecular weight excluding hydrogens is 433 g/mol. The van der Waals surface area contributed by atoms with Gasteiger partial charge in [0.05, 0.1) is 16.9 Å². The van der Waals surface area contributed by atoms with Crippen molar-refractivity contribution in [1.29, 1.82) is 0 Å². The quantitative estimate of drug-likeness (QED) is 0.294. The monoisotopic (exact) mass is 449 g/mol. The third kappa shape index (κ3) is 2.37. The second-order valence-electron chi connectivity index (χ2n) is 7.95. The van der Waals surface area contributed by atoms with Gasteiger partial charge in [0, 0.05) is 22.2 Å². The van der Waals surface area contributed by atoms with E-state index >= 15 is 0 Å². The summed E-state index contributed by atoms with van der Waals surface area (Å²) in [6, 6.07) is 28.4. The number of benzene rings is 4. The summed E-state index contributed by atoms with van der Waals surface area (Å²) in [6.45, 7) is 0. The minimum absolute atomic E-state index is 0.787. The van der Waals surface area contributed by atoms with Crippen molar-refractivity contribution in [3.63, 3.8) is 0 Å². The van der Waals surface area contributed by atoms with Crippen LogP contribution in [0.15, 0.2) is 97.2 Å². The topological polar surface area (TPSA) is 31.4 Å². The minimum Gasteiger partial charge on any atom is -0.456 e. The minimum atomic E-state index is -2.30. The highest BCUT2D eigenvalue weighted by atomic mass is 32.4. The van der Waals surface area contributed by atoms with E-state index < -0.39 is 6.04 Å². The van der Waals surface area contributed by atoms with Crippen LogP contribution in [0.4, 0.5) is 0 Å². The van der Waals surface area contributed by atoms with Crippen LogP contribution in [-0.2, 0) is 11.8 Å². The Bertz CT molecular complexity index is 1550. The average molecular weight is 449 g/mol. The molecule has 3 heterocycles. The van der Waals surface area contributed by atoms with Gasteiger partial charge in [-0.25, -0.2) is 0 Å². The van der Waals surface area contributed by atoms with E-state index in [4.69, 9.17) is 21.3 Å². The molecule has 0 bridgehead atoms. The van der Waals surface area contributed by atoms with Crippen LogP contribution in [0.5, 0.6) is 23.0 Å². The van der Waals surface area contributed by atoms with Gasteiger partial charge in [-0.1, -0.05) is 54.3 Å². The summed E-state index contributed by atoms with van der Waals surface area (Å²) in [4.78, 5) is 4.52. The lowest BCUT2D eigenvalue weighted by Gasteiger charge is -2.37. The Morgan fingerprint density at radius 3 is 1.94 bits per heavy atom. The third-order valence-corrected chi connectivity index (χ3v) is 11.1. The van der Waals surface area contributed by atoms with E-state index in [9.17, 15) is 0 Å². The van der Waals surface area contributed by atoms with Crippen LogP contribution in [0.25, 0.3) is 22.0 Å². The highest BCUT2D eigenvalue weighted by Crippen LogP contribution is 2.59. The van der Waals surface area contributed by atoms with E-state index in [1.54, 1.807) is 0 Å². The Morgan fingerprint density at radius 1 is 0.656 bits per heavy atom. The van der Waals surface area contributed by atoms with Crippen LogP contribution in [0.3, 0.4) is 0 Å². The first-order chi connectivity index (χ1) is 15.7. The number of aromatic nitrogens is 1. The lowest BCUT2D eigenvalue weighted by molar-refractivity contribution is 0.467. The molecular formula is C27H16NO2PS. The van der Waals surface area contributed by atoms with E-state index in [2.05, 4.69) is 35.3 Å². The van der Waals surface area contributed by atoms with Gasteiger partial charge >= 0.3 is 0 Å². The molecule has 0 saturated heterocycles. The predicted molar refractivity (Wildman–Crippen MR) is 133 cm³/mol. The standard InChI is InChI=1S/C27H16NO2PS/c32-31-25-11-5-3-9-21(25)29-23-15-17(18-13-14-28-20-8-2-1-7-19(18)20)16-24(27(23)31)30-22-10-4-6-12-26(22)31/h1-16H. The van der Waals surface area contributed by atoms with Crippen LogP contribution in [-0.4, -0.2) is 4.98 Å². The number of ether oxygens (including phenoxy) is 2. The second-order valence-corrected chi connectivity index (χ2v) is 12.2. The van der Waals surface area contributed by atoms with E-state index in [-0.39, 0.29) is 0 Å². The lowest BCUT2D eigenvalue weighted by atomic mass is 10.0. The van der Waals surface area contributed by atoms with Crippen molar-refractivity contribution in [3.05, 3.63) is 97.2 Å². The summed E-state index contributed by atoms with van der Waals surface area (Å²) in [5.41, 5.74) is 3.07. The van der Waals surface area contributed by atoms with Crippen LogP contribution in [0, 0.1) is 0 Å². The fraction of sp³-hybridized carbons (Fsp3) is 0. The maximum atomic E-state index is 6.54. The molecule has 0 spiro atoms. The largest absolute Gasteiger partial charge is 0.456 e. The highest BCUT2D eigenvalue weighted by Gasteiger charge is 2.42. The smallest absolute Gasteiger partial charge is 0.140 e. The van der Waals surface area contributed by atoms with Gasteiger partial charge in [-0.3, -0.25) is 4.98 Å². The van der Waals surface area contributed by atoms with E-state index in [1.165, 1.54) is 0 Å². The zero-order valence-corrected chi connectivity index (χ0v) is 18.6. The predicted octanol–water partition coefficient (Wildman–Crippen LogP) is 5.87. The number of fused-ring (bicyclic) bond motifs is 5. The molecule has 2 aliphatic heterocycles. The van der Waals surface area contributed by atoms with Crippen molar-refractivity contribution in [2.75, 3.05) is 0 Å². The maximum Gasteiger partial charge on any atom is 0.140 e. The zero-order valence-electron chi connectivity index (χ0n) is 16.9. The first-order valence-corrected chi connectivity index (χ1v) is 13.2. The van der Waals surface area contributed by atoms with E-state index in [1.807, 2.05) is 66.9 Å². The van der Waals surface area contributed by atoms with Gasteiger partial charge in [-0.2, -0.15) is 0 Å². The molecule has 4 aromatic carbocycles. The molecule has 0 unspecified atom stereocenters. The molecule has 5 aromatic rings. The van der Waals surface area contributed by atoms with Gasteiger partial charge in [0.2, 0.25) is 0 Å². The van der Waals surface area contributed by atoms with Crippen molar-refractivity contribution in [3.8, 4) is 34.1 Å². The third-order valence-electron chi connectivity index (χ3n) is 6.16. The van der Waals surface area contributed by atoms with Gasteiger partial charge in [0.1, 0.15) is 23.0 Å². The number of para-hydroxylation sites is 3. The second kappa shape index (κ2) is 6.52. The number of hydrogen-bond acceptors (Lipinski definition) is 4. The molecule has 0 saturated carbocycles. The first kappa shape index (κ1) is 18.1. The van der Waals surface area contributed by atoms with Crippen LogP contribution in [0.1, 0.15) is 0 Å². The molecule has 2 aliphatic rings. The number of nitrogens with zero attached hydrogens (tertiary/aromatic N) is 1. The van der Waals surface area contributed by atoms with Crippen LogP contribution < -0.4 is 25.4 Å². The summed E-state index contributed by atoms with van der Waals surface area (Å²) < 4.78 is 12.9. The molecule has 0 fully saturated rings. The van der Waals surface area contributed by atoms with Crippen LogP contribution >= 0.6 is 6.04 Å². The molecule has 0 amide bonds. The molecule has 152 valence electrons. The molecule has 1 aromatic heterocycles. The first-order valence-electron chi connectivity index (χ1n) is 10.4. The molecule has 5 heteroatoms. The van der Waals surface area contributed by atoms with E-state index in [0.717, 1.165) is 60.9 Å². The Kier molecular flexibility index (Phi) is 3.70. The van der Waals surface area contributed by atoms with Crippen molar-refractivity contribution in [2.24, 2.45) is 0 Å². The van der Waals surface area contributed by atoms with Gasteiger partial charge in [-0.05, 0) is 59.7 Å². The zero-order chi connectivity index (χ0) is 21.3. The molecule has 0 radical (unpaired) electrons. The SMILES string of the molecule is S=P12c3ccccc3Oc3cc(-c4ccnc5ccccc45)cc(c31)Oc1ccccc12. The highest BCUT2D eigenvalue weighted by molar-refractivity contribution is 8.26. The summed E-state index contributed by atoms with van der Waals surface area (Å²) in [7, 11) is 0. The summed E-state index contributed by atoms with van der Waals surface area (Å²) in [5, 5.41) is 4.27. The average Bonchev–Trinajstić information content (AvgIpc) is 2.83. The summed E-state index contributed by atoms with van der Waals surface area (Å²) >= 11 is 6.54. The summed E-state index contributed by atoms with van der Waals surface area (Å²) in [5.74, 6) is 3.25. The Labute approximate surface area is 190 Å². The fourth-order valence-corrected chi connectivity index (χ4v) is 9.25. The molecule has 0 atom stereocenters. The Morgan fingerprint density at radius 2 is 1.25 bits per heavy atom. The molecule has 0 N–H and O–H groups in total. The molecule has 0 aliphatic carbocycles. The maximum absolute atomic E-state index is 6.54. The Balaban J connectivity index is 1.56. The van der Waals surface area contributed by atoms with Crippen molar-refractivity contribution >= 4 is 44.7 Å². The number of hydrogen-bond donors (Lipinski definition) is 0.